The Balaban J connectivity index is 2.03. The van der Waals surface area contributed by atoms with E-state index in [4.69, 9.17) is 11.6 Å². The maximum atomic E-state index is 6.15. The van der Waals surface area contributed by atoms with Crippen molar-refractivity contribution in [1.29, 1.82) is 0 Å². The molecule has 3 nitrogen and oxygen atoms in total. The van der Waals surface area contributed by atoms with Crippen LogP contribution in [0.2, 0.25) is 5.15 Å². The first kappa shape index (κ1) is 13.8. The summed E-state index contributed by atoms with van der Waals surface area (Å²) >= 11 is 6.15. The van der Waals surface area contributed by atoms with Crippen molar-refractivity contribution in [3.63, 3.8) is 0 Å². The fraction of sp³-hybridized carbons (Fsp3) is 0.643. The zero-order valence-electron chi connectivity index (χ0n) is 11.0. The SMILES string of the molecule is CCCN(Cc1cccnc1Cl)C1CCCNC1. The van der Waals surface area contributed by atoms with Crippen LogP contribution in [0.5, 0.6) is 0 Å². The molecule has 1 aromatic rings. The Morgan fingerprint density at radius 2 is 2.44 bits per heavy atom. The van der Waals surface area contributed by atoms with Crippen molar-refractivity contribution in [1.82, 2.24) is 15.2 Å². The van der Waals surface area contributed by atoms with Gasteiger partial charge in [-0.2, -0.15) is 0 Å². The Morgan fingerprint density at radius 3 is 3.11 bits per heavy atom. The molecule has 2 heterocycles. The molecule has 0 radical (unpaired) electrons. The summed E-state index contributed by atoms with van der Waals surface area (Å²) in [6.07, 6.45) is 5.48. The maximum absolute atomic E-state index is 6.15. The molecule has 4 heteroatoms. The summed E-state index contributed by atoms with van der Waals surface area (Å²) in [5.41, 5.74) is 1.14. The molecule has 1 unspecified atom stereocenters. The summed E-state index contributed by atoms with van der Waals surface area (Å²) in [7, 11) is 0. The van der Waals surface area contributed by atoms with Gasteiger partial charge in [-0.05, 0) is 38.4 Å². The largest absolute Gasteiger partial charge is 0.315 e. The molecular formula is C14H22ClN3. The van der Waals surface area contributed by atoms with Gasteiger partial charge in [-0.15, -0.1) is 0 Å². The topological polar surface area (TPSA) is 28.2 Å². The van der Waals surface area contributed by atoms with Crippen LogP contribution in [0.3, 0.4) is 0 Å². The first-order valence-electron chi connectivity index (χ1n) is 6.85. The number of hydrogen-bond donors (Lipinski definition) is 1. The highest BCUT2D eigenvalue weighted by atomic mass is 35.5. The van der Waals surface area contributed by atoms with Crippen molar-refractivity contribution < 1.29 is 0 Å². The molecule has 18 heavy (non-hydrogen) atoms. The molecule has 0 spiro atoms. The second kappa shape index (κ2) is 7.07. The van der Waals surface area contributed by atoms with Crippen LogP contribution in [-0.4, -0.2) is 35.6 Å². The van der Waals surface area contributed by atoms with Crippen LogP contribution in [0.15, 0.2) is 18.3 Å². The first-order valence-corrected chi connectivity index (χ1v) is 7.23. The van der Waals surface area contributed by atoms with Gasteiger partial charge in [-0.3, -0.25) is 4.90 Å². The van der Waals surface area contributed by atoms with E-state index >= 15 is 0 Å². The van der Waals surface area contributed by atoms with Crippen molar-refractivity contribution in [3.05, 3.63) is 29.0 Å². The van der Waals surface area contributed by atoms with Crippen LogP contribution in [0.4, 0.5) is 0 Å². The average molecular weight is 268 g/mol. The van der Waals surface area contributed by atoms with Gasteiger partial charge in [0.05, 0.1) is 0 Å². The lowest BCUT2D eigenvalue weighted by molar-refractivity contribution is 0.158. The van der Waals surface area contributed by atoms with Gasteiger partial charge in [-0.1, -0.05) is 24.6 Å². The third-order valence-corrected chi connectivity index (χ3v) is 3.85. The van der Waals surface area contributed by atoms with Gasteiger partial charge in [0, 0.05) is 30.9 Å². The fourth-order valence-electron chi connectivity index (χ4n) is 2.58. The number of aromatic nitrogens is 1. The lowest BCUT2D eigenvalue weighted by Crippen LogP contribution is -2.45. The van der Waals surface area contributed by atoms with Gasteiger partial charge < -0.3 is 5.32 Å². The van der Waals surface area contributed by atoms with Gasteiger partial charge in [0.1, 0.15) is 5.15 Å². The molecule has 1 atom stereocenters. The number of hydrogen-bond acceptors (Lipinski definition) is 3. The van der Waals surface area contributed by atoms with E-state index in [-0.39, 0.29) is 0 Å². The lowest BCUT2D eigenvalue weighted by Gasteiger charge is -2.34. The zero-order chi connectivity index (χ0) is 12.8. The Labute approximate surface area is 115 Å². The third-order valence-electron chi connectivity index (χ3n) is 3.51. The van der Waals surface area contributed by atoms with E-state index in [9.17, 15) is 0 Å². The number of nitrogens with zero attached hydrogens (tertiary/aromatic N) is 2. The van der Waals surface area contributed by atoms with Gasteiger partial charge in [-0.25, -0.2) is 4.98 Å². The summed E-state index contributed by atoms with van der Waals surface area (Å²) in [6.45, 7) is 6.51. The minimum atomic E-state index is 0.634. The molecule has 1 aromatic heterocycles. The summed E-state index contributed by atoms with van der Waals surface area (Å²) in [5, 5.41) is 4.12. The smallest absolute Gasteiger partial charge is 0.133 e. The quantitative estimate of drug-likeness (QED) is 0.832. The predicted octanol–water partition coefficient (Wildman–Crippen LogP) is 2.70. The van der Waals surface area contributed by atoms with E-state index in [1.807, 2.05) is 6.07 Å². The molecule has 100 valence electrons. The molecule has 1 saturated heterocycles. The van der Waals surface area contributed by atoms with Crippen molar-refractivity contribution in [2.45, 2.75) is 38.8 Å². The summed E-state index contributed by atoms with van der Waals surface area (Å²) in [5.74, 6) is 0. The normalized spacial score (nSPS) is 20.3. The van der Waals surface area contributed by atoms with Crippen LogP contribution in [-0.2, 0) is 6.54 Å². The van der Waals surface area contributed by atoms with Gasteiger partial charge in [0.25, 0.3) is 0 Å². The Morgan fingerprint density at radius 1 is 1.56 bits per heavy atom. The van der Waals surface area contributed by atoms with Gasteiger partial charge >= 0.3 is 0 Å². The number of nitrogens with one attached hydrogen (secondary N) is 1. The summed E-state index contributed by atoms with van der Waals surface area (Å²) in [4.78, 5) is 6.70. The summed E-state index contributed by atoms with van der Waals surface area (Å²) < 4.78 is 0. The Bertz CT molecular complexity index is 364. The van der Waals surface area contributed by atoms with E-state index < -0.39 is 0 Å². The van der Waals surface area contributed by atoms with Crippen LogP contribution in [0, 0.1) is 0 Å². The molecule has 1 aliphatic rings. The van der Waals surface area contributed by atoms with E-state index in [1.54, 1.807) is 6.20 Å². The highest BCUT2D eigenvalue weighted by molar-refractivity contribution is 6.30. The lowest BCUT2D eigenvalue weighted by atomic mass is 10.0. The predicted molar refractivity (Wildman–Crippen MR) is 75.8 cm³/mol. The molecule has 1 N–H and O–H groups in total. The number of rotatable bonds is 5. The molecular weight excluding hydrogens is 246 g/mol. The second-order valence-corrected chi connectivity index (χ2v) is 5.28. The van der Waals surface area contributed by atoms with Crippen LogP contribution in [0.1, 0.15) is 31.7 Å². The number of piperidine rings is 1. The first-order chi connectivity index (χ1) is 8.81. The third kappa shape index (κ3) is 3.67. The molecule has 0 aliphatic carbocycles. The summed E-state index contributed by atoms with van der Waals surface area (Å²) in [6, 6.07) is 4.67. The highest BCUT2D eigenvalue weighted by Crippen LogP contribution is 2.18. The van der Waals surface area contributed by atoms with Crippen LogP contribution in [0.25, 0.3) is 0 Å². The van der Waals surface area contributed by atoms with E-state index in [0.29, 0.717) is 11.2 Å². The van der Waals surface area contributed by atoms with Crippen molar-refractivity contribution >= 4 is 11.6 Å². The van der Waals surface area contributed by atoms with E-state index in [0.717, 1.165) is 31.7 Å². The Kier molecular flexibility index (Phi) is 5.42. The maximum Gasteiger partial charge on any atom is 0.133 e. The van der Waals surface area contributed by atoms with Crippen molar-refractivity contribution in [3.8, 4) is 0 Å². The Hall–Kier alpha value is -0.640. The highest BCUT2D eigenvalue weighted by Gasteiger charge is 2.21. The second-order valence-electron chi connectivity index (χ2n) is 4.92. The fourth-order valence-corrected chi connectivity index (χ4v) is 2.76. The minimum absolute atomic E-state index is 0.634. The standard InChI is InChI=1S/C14H22ClN3/c1-2-9-18(13-6-4-7-16-10-13)11-12-5-3-8-17-14(12)15/h3,5,8,13,16H,2,4,6-7,9-11H2,1H3. The average Bonchev–Trinajstić information content (AvgIpc) is 2.42. The van der Waals surface area contributed by atoms with Crippen LogP contribution >= 0.6 is 11.6 Å². The molecule has 0 amide bonds. The molecule has 1 aliphatic heterocycles. The van der Waals surface area contributed by atoms with Crippen LogP contribution < -0.4 is 5.32 Å². The van der Waals surface area contributed by atoms with Crippen molar-refractivity contribution in [2.75, 3.05) is 19.6 Å². The van der Waals surface area contributed by atoms with Crippen molar-refractivity contribution in [2.24, 2.45) is 0 Å². The monoisotopic (exact) mass is 267 g/mol. The molecule has 0 aromatic carbocycles. The number of pyridine rings is 1. The molecule has 0 bridgehead atoms. The van der Waals surface area contributed by atoms with E-state index in [2.05, 4.69) is 28.2 Å². The zero-order valence-corrected chi connectivity index (χ0v) is 11.8. The number of halogens is 1. The minimum Gasteiger partial charge on any atom is -0.315 e. The molecule has 2 rings (SSSR count). The van der Waals surface area contributed by atoms with Gasteiger partial charge in [0.15, 0.2) is 0 Å². The van der Waals surface area contributed by atoms with Gasteiger partial charge in [0.2, 0.25) is 0 Å². The molecule has 1 fully saturated rings. The van der Waals surface area contributed by atoms with E-state index in [1.165, 1.54) is 19.3 Å². The molecule has 0 saturated carbocycles.